The number of nitrogens with zero attached hydrogens (tertiary/aromatic N) is 1. The van der Waals surface area contributed by atoms with E-state index in [-0.39, 0.29) is 30.3 Å². The zero-order valence-electron chi connectivity index (χ0n) is 16.3. The summed E-state index contributed by atoms with van der Waals surface area (Å²) in [6, 6.07) is 13.3. The Hall–Kier alpha value is -2.82. The molecule has 142 valence electrons. The molecule has 5 heteroatoms. The van der Waals surface area contributed by atoms with Gasteiger partial charge in [0.15, 0.2) is 0 Å². The Morgan fingerprint density at radius 3 is 2.59 bits per heavy atom. The van der Waals surface area contributed by atoms with Gasteiger partial charge in [-0.15, -0.1) is 0 Å². The summed E-state index contributed by atoms with van der Waals surface area (Å²) in [5.74, 6) is 0.0914. The van der Waals surface area contributed by atoms with E-state index in [9.17, 15) is 9.59 Å². The maximum atomic E-state index is 12.7. The van der Waals surface area contributed by atoms with Crippen LogP contribution in [0.15, 0.2) is 42.5 Å². The molecule has 1 heterocycles. The van der Waals surface area contributed by atoms with E-state index in [1.807, 2.05) is 70.2 Å². The van der Waals surface area contributed by atoms with Crippen LogP contribution in [0.2, 0.25) is 0 Å². The van der Waals surface area contributed by atoms with Crippen LogP contribution in [-0.4, -0.2) is 24.5 Å². The first-order valence-electron chi connectivity index (χ1n) is 9.29. The van der Waals surface area contributed by atoms with E-state index in [1.165, 1.54) is 5.56 Å². The van der Waals surface area contributed by atoms with Gasteiger partial charge >= 0.3 is 0 Å². The molecule has 1 saturated heterocycles. The van der Waals surface area contributed by atoms with Crippen molar-refractivity contribution in [1.82, 2.24) is 0 Å². The first-order valence-corrected chi connectivity index (χ1v) is 9.29. The minimum atomic E-state index is -0.383. The fourth-order valence-corrected chi connectivity index (χ4v) is 3.21. The molecule has 1 N–H and O–H groups in total. The number of hydrogen-bond acceptors (Lipinski definition) is 3. The highest BCUT2D eigenvalue weighted by Crippen LogP contribution is 2.34. The quantitative estimate of drug-likeness (QED) is 0.867. The maximum Gasteiger partial charge on any atom is 0.229 e. The van der Waals surface area contributed by atoms with E-state index in [0.29, 0.717) is 12.3 Å². The number of para-hydroxylation sites is 2. The van der Waals surface area contributed by atoms with Crippen LogP contribution in [0.3, 0.4) is 0 Å². The molecule has 2 amide bonds. The third-order valence-corrected chi connectivity index (χ3v) is 4.79. The standard InChI is InChI=1S/C22H26N2O3/c1-14(2)27-20-8-6-5-7-19(20)24-13-17(12-21(24)25)22(26)23-18-10-9-15(3)16(4)11-18/h5-11,14,17H,12-13H2,1-4H3,(H,23,26). The van der Waals surface area contributed by atoms with E-state index in [0.717, 1.165) is 16.9 Å². The van der Waals surface area contributed by atoms with Crippen molar-refractivity contribution in [2.45, 2.75) is 40.2 Å². The highest BCUT2D eigenvalue weighted by molar-refractivity contribution is 6.04. The predicted octanol–water partition coefficient (Wildman–Crippen LogP) is 4.08. The van der Waals surface area contributed by atoms with Crippen molar-refractivity contribution in [3.8, 4) is 5.75 Å². The average molecular weight is 366 g/mol. The van der Waals surface area contributed by atoms with Gasteiger partial charge in [0.05, 0.1) is 17.7 Å². The third kappa shape index (κ3) is 4.30. The lowest BCUT2D eigenvalue weighted by Gasteiger charge is -2.21. The molecule has 0 saturated carbocycles. The van der Waals surface area contributed by atoms with Gasteiger partial charge in [-0.3, -0.25) is 9.59 Å². The third-order valence-electron chi connectivity index (χ3n) is 4.79. The molecular formula is C22H26N2O3. The fourth-order valence-electron chi connectivity index (χ4n) is 3.21. The SMILES string of the molecule is Cc1ccc(NC(=O)C2CC(=O)N(c3ccccc3OC(C)C)C2)cc1C. The molecule has 2 aromatic carbocycles. The molecule has 1 aliphatic rings. The average Bonchev–Trinajstić information content (AvgIpc) is 3.00. The second-order valence-electron chi connectivity index (χ2n) is 7.33. The van der Waals surface area contributed by atoms with Crippen molar-refractivity contribution in [3.05, 3.63) is 53.6 Å². The number of carbonyl (C=O) groups excluding carboxylic acids is 2. The minimum absolute atomic E-state index is 0.00716. The summed E-state index contributed by atoms with van der Waals surface area (Å²) in [6.45, 7) is 8.29. The number of aryl methyl sites for hydroxylation is 2. The van der Waals surface area contributed by atoms with Crippen molar-refractivity contribution < 1.29 is 14.3 Å². The van der Waals surface area contributed by atoms with Crippen LogP contribution in [0, 0.1) is 19.8 Å². The van der Waals surface area contributed by atoms with E-state index < -0.39 is 0 Å². The van der Waals surface area contributed by atoms with Crippen molar-refractivity contribution >= 4 is 23.2 Å². The van der Waals surface area contributed by atoms with E-state index in [4.69, 9.17) is 4.74 Å². The van der Waals surface area contributed by atoms with Gasteiger partial charge in [0, 0.05) is 18.7 Å². The first-order chi connectivity index (χ1) is 12.8. The molecule has 1 unspecified atom stereocenters. The number of hydrogen-bond donors (Lipinski definition) is 1. The Morgan fingerprint density at radius 1 is 1.15 bits per heavy atom. The zero-order chi connectivity index (χ0) is 19.6. The van der Waals surface area contributed by atoms with Gasteiger partial charge in [0.25, 0.3) is 0 Å². The topological polar surface area (TPSA) is 58.6 Å². The van der Waals surface area contributed by atoms with Gasteiger partial charge < -0.3 is 15.0 Å². The number of rotatable bonds is 5. The molecule has 2 aromatic rings. The Morgan fingerprint density at radius 2 is 1.89 bits per heavy atom. The fraction of sp³-hybridized carbons (Fsp3) is 0.364. The molecule has 5 nitrogen and oxygen atoms in total. The summed E-state index contributed by atoms with van der Waals surface area (Å²) < 4.78 is 5.83. The van der Waals surface area contributed by atoms with E-state index in [1.54, 1.807) is 4.90 Å². The molecule has 1 aliphatic heterocycles. The lowest BCUT2D eigenvalue weighted by atomic mass is 10.1. The molecule has 0 aromatic heterocycles. The normalized spacial score (nSPS) is 16.7. The maximum absolute atomic E-state index is 12.7. The van der Waals surface area contributed by atoms with Crippen molar-refractivity contribution in [3.63, 3.8) is 0 Å². The van der Waals surface area contributed by atoms with Gasteiger partial charge in [-0.2, -0.15) is 0 Å². The number of benzene rings is 2. The summed E-state index contributed by atoms with van der Waals surface area (Å²) in [4.78, 5) is 26.9. The van der Waals surface area contributed by atoms with Gasteiger partial charge in [-0.1, -0.05) is 18.2 Å². The van der Waals surface area contributed by atoms with E-state index in [2.05, 4.69) is 5.32 Å². The van der Waals surface area contributed by atoms with Crippen LogP contribution >= 0.6 is 0 Å². The Balaban J connectivity index is 1.73. The Kier molecular flexibility index (Phi) is 5.49. The zero-order valence-corrected chi connectivity index (χ0v) is 16.3. The molecular weight excluding hydrogens is 340 g/mol. The number of ether oxygens (including phenoxy) is 1. The lowest BCUT2D eigenvalue weighted by Crippen LogP contribution is -2.28. The highest BCUT2D eigenvalue weighted by atomic mass is 16.5. The van der Waals surface area contributed by atoms with Crippen LogP contribution in [0.1, 0.15) is 31.4 Å². The predicted molar refractivity (Wildman–Crippen MR) is 107 cm³/mol. The smallest absolute Gasteiger partial charge is 0.229 e. The minimum Gasteiger partial charge on any atom is -0.489 e. The Bertz CT molecular complexity index is 860. The van der Waals surface area contributed by atoms with Gasteiger partial charge in [-0.05, 0) is 63.1 Å². The first kappa shape index (κ1) is 19.0. The van der Waals surface area contributed by atoms with Crippen LogP contribution in [0.5, 0.6) is 5.75 Å². The summed E-state index contributed by atoms with van der Waals surface area (Å²) in [6.07, 6.45) is 0.208. The van der Waals surface area contributed by atoms with Crippen molar-refractivity contribution in [2.24, 2.45) is 5.92 Å². The number of carbonyl (C=O) groups is 2. The summed E-state index contributed by atoms with van der Waals surface area (Å²) in [7, 11) is 0. The molecule has 1 atom stereocenters. The van der Waals surface area contributed by atoms with Gasteiger partial charge in [-0.25, -0.2) is 0 Å². The van der Waals surface area contributed by atoms with E-state index >= 15 is 0 Å². The molecule has 27 heavy (non-hydrogen) atoms. The van der Waals surface area contributed by atoms with Crippen LogP contribution < -0.4 is 15.0 Å². The number of anilines is 2. The van der Waals surface area contributed by atoms with Crippen molar-refractivity contribution in [2.75, 3.05) is 16.8 Å². The molecule has 0 aliphatic carbocycles. The number of amides is 2. The van der Waals surface area contributed by atoms with Crippen LogP contribution in [0.25, 0.3) is 0 Å². The highest BCUT2D eigenvalue weighted by Gasteiger charge is 2.36. The number of nitrogens with one attached hydrogen (secondary N) is 1. The molecule has 0 spiro atoms. The second-order valence-corrected chi connectivity index (χ2v) is 7.33. The van der Waals surface area contributed by atoms with Gasteiger partial charge in [0.1, 0.15) is 5.75 Å². The van der Waals surface area contributed by atoms with Crippen LogP contribution in [0.4, 0.5) is 11.4 Å². The summed E-state index contributed by atoms with van der Waals surface area (Å²) in [5, 5.41) is 2.94. The molecule has 1 fully saturated rings. The largest absolute Gasteiger partial charge is 0.489 e. The van der Waals surface area contributed by atoms with Gasteiger partial charge in [0.2, 0.25) is 11.8 Å². The monoisotopic (exact) mass is 366 g/mol. The van der Waals surface area contributed by atoms with Crippen LogP contribution in [-0.2, 0) is 9.59 Å². The second kappa shape index (κ2) is 7.82. The summed E-state index contributed by atoms with van der Waals surface area (Å²) in [5.41, 5.74) is 3.78. The molecule has 3 rings (SSSR count). The molecule has 0 bridgehead atoms. The van der Waals surface area contributed by atoms with Crippen molar-refractivity contribution in [1.29, 1.82) is 0 Å². The lowest BCUT2D eigenvalue weighted by molar-refractivity contribution is -0.122. The molecule has 0 radical (unpaired) electrons. The Labute approximate surface area is 160 Å². The summed E-state index contributed by atoms with van der Waals surface area (Å²) >= 11 is 0.